The smallest absolute Gasteiger partial charge is 0.254 e. The van der Waals surface area contributed by atoms with Crippen LogP contribution in [0.5, 0.6) is 0 Å². The predicted octanol–water partition coefficient (Wildman–Crippen LogP) is 5.01. The highest BCUT2D eigenvalue weighted by Gasteiger charge is 2.34. The molecule has 20 heavy (non-hydrogen) atoms. The Kier molecular flexibility index (Phi) is 3.69. The minimum absolute atomic E-state index is 0.158. The van der Waals surface area contributed by atoms with Crippen LogP contribution in [0.1, 0.15) is 11.1 Å². The first-order valence-electron chi connectivity index (χ1n) is 5.39. The first-order chi connectivity index (χ1) is 9.21. The van der Waals surface area contributed by atoms with E-state index >= 15 is 0 Å². The van der Waals surface area contributed by atoms with Gasteiger partial charge in [-0.25, -0.2) is 8.78 Å². The van der Waals surface area contributed by atoms with Crippen molar-refractivity contribution in [3.05, 3.63) is 52.2 Å². The Morgan fingerprint density at radius 2 is 1.80 bits per heavy atom. The van der Waals surface area contributed by atoms with Gasteiger partial charge < -0.3 is 0 Å². The summed E-state index contributed by atoms with van der Waals surface area (Å²) in [6, 6.07) is 2.66. The van der Waals surface area contributed by atoms with E-state index in [1.54, 1.807) is 0 Å². The lowest BCUT2D eigenvalue weighted by atomic mass is 10.1. The van der Waals surface area contributed by atoms with Gasteiger partial charge in [0.05, 0.1) is 16.3 Å². The fourth-order valence-electron chi connectivity index (χ4n) is 1.73. The first kappa shape index (κ1) is 14.7. The molecule has 7 heteroatoms. The molecule has 0 aliphatic heterocycles. The molecule has 1 nitrogen and oxygen atoms in total. The number of benzene rings is 1. The molecular weight excluding hydrogens is 301 g/mol. The lowest BCUT2D eigenvalue weighted by molar-refractivity contribution is -0.138. The number of alkyl halides is 3. The van der Waals surface area contributed by atoms with Crippen LogP contribution in [0.3, 0.4) is 0 Å². The Morgan fingerprint density at radius 3 is 2.35 bits per heavy atom. The maximum Gasteiger partial charge on any atom is 0.418 e. The highest BCUT2D eigenvalue weighted by molar-refractivity contribution is 6.33. The Labute approximate surface area is 116 Å². The summed E-state index contributed by atoms with van der Waals surface area (Å²) in [7, 11) is 0. The van der Waals surface area contributed by atoms with Crippen LogP contribution in [0, 0.1) is 18.6 Å². The molecule has 0 atom stereocenters. The minimum Gasteiger partial charge on any atom is -0.254 e. The van der Waals surface area contributed by atoms with Gasteiger partial charge in [0.2, 0.25) is 0 Å². The number of halogens is 6. The van der Waals surface area contributed by atoms with Crippen molar-refractivity contribution in [3.63, 3.8) is 0 Å². The van der Waals surface area contributed by atoms with Crippen LogP contribution in [0.15, 0.2) is 24.4 Å². The predicted molar refractivity (Wildman–Crippen MR) is 64.3 cm³/mol. The highest BCUT2D eigenvalue weighted by atomic mass is 35.5. The molecule has 0 amide bonds. The summed E-state index contributed by atoms with van der Waals surface area (Å²) in [5.74, 6) is -1.75. The van der Waals surface area contributed by atoms with Gasteiger partial charge in [-0.2, -0.15) is 13.2 Å². The Bertz CT molecular complexity index is 667. The SMILES string of the molecule is Cc1c(C(F)(F)F)cnc(-c2ccc(F)cc2F)c1Cl. The van der Waals surface area contributed by atoms with Crippen molar-refractivity contribution < 1.29 is 22.0 Å². The van der Waals surface area contributed by atoms with E-state index < -0.39 is 23.4 Å². The maximum absolute atomic E-state index is 13.6. The van der Waals surface area contributed by atoms with Crippen molar-refractivity contribution in [2.45, 2.75) is 13.1 Å². The first-order valence-corrected chi connectivity index (χ1v) is 5.77. The monoisotopic (exact) mass is 307 g/mol. The van der Waals surface area contributed by atoms with Crippen molar-refractivity contribution >= 4 is 11.6 Å². The second-order valence-corrected chi connectivity index (χ2v) is 4.46. The Morgan fingerprint density at radius 1 is 1.15 bits per heavy atom. The molecule has 0 spiro atoms. The third-order valence-corrected chi connectivity index (χ3v) is 3.22. The normalized spacial score (nSPS) is 11.8. The van der Waals surface area contributed by atoms with Crippen LogP contribution in [0.25, 0.3) is 11.3 Å². The number of nitrogens with zero attached hydrogens (tertiary/aromatic N) is 1. The molecule has 0 saturated carbocycles. The van der Waals surface area contributed by atoms with Gasteiger partial charge in [-0.1, -0.05) is 11.6 Å². The fraction of sp³-hybridized carbons (Fsp3) is 0.154. The maximum atomic E-state index is 13.6. The number of hydrogen-bond acceptors (Lipinski definition) is 1. The summed E-state index contributed by atoms with van der Waals surface area (Å²) in [5.41, 5.74) is -1.57. The van der Waals surface area contributed by atoms with Crippen molar-refractivity contribution in [1.29, 1.82) is 0 Å². The van der Waals surface area contributed by atoms with E-state index in [4.69, 9.17) is 11.6 Å². The van der Waals surface area contributed by atoms with Crippen LogP contribution >= 0.6 is 11.6 Å². The molecule has 0 N–H and O–H groups in total. The third kappa shape index (κ3) is 2.60. The Balaban J connectivity index is 2.63. The lowest BCUT2D eigenvalue weighted by Crippen LogP contribution is -2.09. The van der Waals surface area contributed by atoms with E-state index in [2.05, 4.69) is 4.98 Å². The average Bonchev–Trinajstić information content (AvgIpc) is 2.32. The van der Waals surface area contributed by atoms with E-state index in [9.17, 15) is 22.0 Å². The van der Waals surface area contributed by atoms with Crippen LogP contribution < -0.4 is 0 Å². The molecule has 0 radical (unpaired) electrons. The quantitative estimate of drug-likeness (QED) is 0.675. The standard InChI is InChI=1S/C13H7ClF5N/c1-6-9(13(17,18)19)5-20-12(11(6)14)8-3-2-7(15)4-10(8)16/h2-5H,1H3. The van der Waals surface area contributed by atoms with Crippen molar-refractivity contribution in [1.82, 2.24) is 4.98 Å². The molecule has 0 saturated heterocycles. The highest BCUT2D eigenvalue weighted by Crippen LogP contribution is 2.38. The van der Waals surface area contributed by atoms with Gasteiger partial charge in [0.15, 0.2) is 0 Å². The number of rotatable bonds is 1. The molecule has 1 aromatic heterocycles. The third-order valence-electron chi connectivity index (χ3n) is 2.76. The van der Waals surface area contributed by atoms with Crippen molar-refractivity contribution in [3.8, 4) is 11.3 Å². The zero-order valence-corrected chi connectivity index (χ0v) is 10.8. The van der Waals surface area contributed by atoms with E-state index in [-0.39, 0.29) is 21.8 Å². The zero-order chi connectivity index (χ0) is 15.1. The average molecular weight is 308 g/mol. The number of aromatic nitrogens is 1. The molecule has 0 fully saturated rings. The van der Waals surface area contributed by atoms with E-state index in [1.807, 2.05) is 0 Å². The Hall–Kier alpha value is -1.69. The lowest BCUT2D eigenvalue weighted by Gasteiger charge is -2.13. The molecule has 0 aliphatic carbocycles. The molecule has 0 aliphatic rings. The molecule has 2 aromatic rings. The van der Waals surface area contributed by atoms with E-state index in [0.717, 1.165) is 19.1 Å². The second-order valence-electron chi connectivity index (χ2n) is 4.08. The van der Waals surface area contributed by atoms with Crippen LogP contribution in [0.2, 0.25) is 5.02 Å². The van der Waals surface area contributed by atoms with Crippen molar-refractivity contribution in [2.75, 3.05) is 0 Å². The summed E-state index contributed by atoms with van der Waals surface area (Å²) in [6.45, 7) is 1.16. The summed E-state index contributed by atoms with van der Waals surface area (Å²) < 4.78 is 64.5. The van der Waals surface area contributed by atoms with Crippen molar-refractivity contribution in [2.24, 2.45) is 0 Å². The molecule has 106 valence electrons. The minimum atomic E-state index is -4.60. The van der Waals surface area contributed by atoms with Gasteiger partial charge in [0.25, 0.3) is 0 Å². The van der Waals surface area contributed by atoms with Crippen LogP contribution in [0.4, 0.5) is 22.0 Å². The fourth-order valence-corrected chi connectivity index (χ4v) is 1.99. The van der Waals surface area contributed by atoms with Crippen LogP contribution in [-0.2, 0) is 6.18 Å². The second kappa shape index (κ2) is 5.01. The molecule has 1 heterocycles. The van der Waals surface area contributed by atoms with Gasteiger partial charge in [-0.05, 0) is 24.6 Å². The van der Waals surface area contributed by atoms with Crippen LogP contribution in [-0.4, -0.2) is 4.98 Å². The van der Waals surface area contributed by atoms with Gasteiger partial charge in [0, 0.05) is 17.8 Å². The summed E-state index contributed by atoms with van der Waals surface area (Å²) >= 11 is 5.83. The molecular formula is C13H7ClF5N. The molecule has 1 aromatic carbocycles. The molecule has 0 bridgehead atoms. The van der Waals surface area contributed by atoms with Gasteiger partial charge >= 0.3 is 6.18 Å². The van der Waals surface area contributed by atoms with Gasteiger partial charge in [0.1, 0.15) is 11.6 Å². The van der Waals surface area contributed by atoms with Gasteiger partial charge in [-0.3, -0.25) is 4.98 Å². The van der Waals surface area contributed by atoms with Gasteiger partial charge in [-0.15, -0.1) is 0 Å². The summed E-state index contributed by atoms with van der Waals surface area (Å²) in [5, 5.41) is -0.315. The topological polar surface area (TPSA) is 12.9 Å². The summed E-state index contributed by atoms with van der Waals surface area (Å²) in [4.78, 5) is 3.55. The molecule has 2 rings (SSSR count). The number of pyridine rings is 1. The number of hydrogen-bond donors (Lipinski definition) is 0. The molecule has 0 unspecified atom stereocenters. The largest absolute Gasteiger partial charge is 0.418 e. The summed E-state index contributed by atoms with van der Waals surface area (Å²) in [6.07, 6.45) is -4.01. The van der Waals surface area contributed by atoms with E-state index in [0.29, 0.717) is 12.3 Å². The zero-order valence-electron chi connectivity index (χ0n) is 10.0. The van der Waals surface area contributed by atoms with E-state index in [1.165, 1.54) is 0 Å².